The molecule has 0 spiro atoms. The minimum Gasteiger partial charge on any atom is -0.493 e. The fourth-order valence-electron chi connectivity index (χ4n) is 3.00. The number of aliphatic imine (C=N–C) groups is 1. The van der Waals surface area contributed by atoms with Crippen molar-refractivity contribution < 1.29 is 14.2 Å². The topological polar surface area (TPSA) is 86.1 Å². The highest BCUT2D eigenvalue weighted by molar-refractivity contribution is 14.0. The zero-order valence-electron chi connectivity index (χ0n) is 18.6. The SMILES string of the molecule is CCNC(=NCc1cc(OC)c(OC)c(OC)c1)NCCCCn1ccccc1=O.I. The van der Waals surface area contributed by atoms with Crippen LogP contribution >= 0.6 is 24.0 Å². The van der Waals surface area contributed by atoms with Crippen molar-refractivity contribution in [3.8, 4) is 17.2 Å². The lowest BCUT2D eigenvalue weighted by molar-refractivity contribution is 0.324. The molecule has 0 saturated carbocycles. The number of hydrogen-bond donors (Lipinski definition) is 2. The summed E-state index contributed by atoms with van der Waals surface area (Å²) in [6.45, 7) is 4.73. The maximum Gasteiger partial charge on any atom is 0.250 e. The molecule has 0 aliphatic heterocycles. The molecule has 0 aliphatic rings. The van der Waals surface area contributed by atoms with E-state index in [2.05, 4.69) is 15.6 Å². The number of nitrogens with one attached hydrogen (secondary N) is 2. The molecule has 1 aromatic heterocycles. The zero-order valence-corrected chi connectivity index (χ0v) is 21.0. The van der Waals surface area contributed by atoms with Gasteiger partial charge in [-0.15, -0.1) is 24.0 Å². The molecule has 0 unspecified atom stereocenters. The molecule has 172 valence electrons. The Bertz CT molecular complexity index is 861. The van der Waals surface area contributed by atoms with Crippen molar-refractivity contribution >= 4 is 29.9 Å². The summed E-state index contributed by atoms with van der Waals surface area (Å²) < 4.78 is 17.9. The standard InChI is InChI=1S/C22H32N4O4.HI/c1-5-23-22(24-11-7-9-13-26-12-8-6-10-20(26)27)25-16-17-14-18(28-2)21(30-4)19(15-17)29-3;/h6,8,10,12,14-15H,5,7,9,11,13,16H2,1-4H3,(H2,23,24,25);1H. The lowest BCUT2D eigenvalue weighted by Gasteiger charge is -2.14. The summed E-state index contributed by atoms with van der Waals surface area (Å²) in [6, 6.07) is 9.00. The van der Waals surface area contributed by atoms with Gasteiger partial charge >= 0.3 is 0 Å². The third-order valence-corrected chi connectivity index (χ3v) is 4.51. The Hall–Kier alpha value is -2.43. The van der Waals surface area contributed by atoms with E-state index in [0.717, 1.165) is 37.5 Å². The van der Waals surface area contributed by atoms with E-state index in [9.17, 15) is 4.79 Å². The Balaban J connectivity index is 0.00000480. The zero-order chi connectivity index (χ0) is 21.8. The van der Waals surface area contributed by atoms with E-state index in [-0.39, 0.29) is 29.5 Å². The molecule has 0 atom stereocenters. The van der Waals surface area contributed by atoms with Gasteiger partial charge in [-0.05, 0) is 43.5 Å². The lowest BCUT2D eigenvalue weighted by Crippen LogP contribution is -2.37. The maximum absolute atomic E-state index is 11.7. The van der Waals surface area contributed by atoms with Gasteiger partial charge in [0.05, 0.1) is 27.9 Å². The molecular formula is C22H33IN4O4. The van der Waals surface area contributed by atoms with Gasteiger partial charge in [-0.2, -0.15) is 0 Å². The minimum atomic E-state index is 0. The van der Waals surface area contributed by atoms with E-state index in [1.165, 1.54) is 0 Å². The third-order valence-electron chi connectivity index (χ3n) is 4.51. The van der Waals surface area contributed by atoms with Gasteiger partial charge in [-0.25, -0.2) is 4.99 Å². The largest absolute Gasteiger partial charge is 0.493 e. The van der Waals surface area contributed by atoms with Crippen molar-refractivity contribution in [3.05, 3.63) is 52.4 Å². The maximum atomic E-state index is 11.7. The molecule has 9 heteroatoms. The minimum absolute atomic E-state index is 0. The predicted octanol–water partition coefficient (Wildman–Crippen LogP) is 3.03. The van der Waals surface area contributed by atoms with Crippen LogP contribution in [-0.2, 0) is 13.1 Å². The average Bonchev–Trinajstić information content (AvgIpc) is 2.77. The first-order valence-electron chi connectivity index (χ1n) is 10.1. The summed E-state index contributed by atoms with van der Waals surface area (Å²) >= 11 is 0. The van der Waals surface area contributed by atoms with Crippen LogP contribution in [0.4, 0.5) is 0 Å². The van der Waals surface area contributed by atoms with Gasteiger partial charge in [0.2, 0.25) is 11.3 Å². The fourth-order valence-corrected chi connectivity index (χ4v) is 3.00. The average molecular weight is 544 g/mol. The summed E-state index contributed by atoms with van der Waals surface area (Å²) in [6.07, 6.45) is 3.65. The molecule has 8 nitrogen and oxygen atoms in total. The van der Waals surface area contributed by atoms with Crippen molar-refractivity contribution in [2.75, 3.05) is 34.4 Å². The molecule has 2 N–H and O–H groups in total. The quantitative estimate of drug-likeness (QED) is 0.196. The van der Waals surface area contributed by atoms with Gasteiger partial charge in [0.25, 0.3) is 0 Å². The summed E-state index contributed by atoms with van der Waals surface area (Å²) in [5.74, 6) is 2.52. The van der Waals surface area contributed by atoms with Crippen LogP contribution in [0.15, 0.2) is 46.3 Å². The Morgan fingerprint density at radius 3 is 2.32 bits per heavy atom. The first-order valence-corrected chi connectivity index (χ1v) is 10.1. The predicted molar refractivity (Wildman–Crippen MR) is 134 cm³/mol. The number of unbranched alkanes of at least 4 members (excludes halogenated alkanes) is 1. The van der Waals surface area contributed by atoms with Gasteiger partial charge in [0.15, 0.2) is 17.5 Å². The first kappa shape index (κ1) is 26.6. The van der Waals surface area contributed by atoms with Gasteiger partial charge in [-0.3, -0.25) is 4.79 Å². The number of guanidine groups is 1. The number of benzene rings is 1. The number of nitrogens with zero attached hydrogens (tertiary/aromatic N) is 2. The number of pyridine rings is 1. The highest BCUT2D eigenvalue weighted by atomic mass is 127. The molecule has 2 rings (SSSR count). The second kappa shape index (κ2) is 14.6. The van der Waals surface area contributed by atoms with Crippen molar-refractivity contribution in [3.63, 3.8) is 0 Å². The number of rotatable bonds is 11. The van der Waals surface area contributed by atoms with Crippen molar-refractivity contribution in [2.45, 2.75) is 32.9 Å². The van der Waals surface area contributed by atoms with Crippen LogP contribution in [0.25, 0.3) is 0 Å². The van der Waals surface area contributed by atoms with Crippen LogP contribution in [0.1, 0.15) is 25.3 Å². The number of aryl methyl sites for hydroxylation is 1. The molecule has 31 heavy (non-hydrogen) atoms. The number of aromatic nitrogens is 1. The Labute approximate surface area is 201 Å². The smallest absolute Gasteiger partial charge is 0.250 e. The summed E-state index contributed by atoms with van der Waals surface area (Å²) in [5, 5.41) is 6.58. The van der Waals surface area contributed by atoms with Gasteiger partial charge in [-0.1, -0.05) is 6.07 Å². The number of ether oxygens (including phenoxy) is 3. The van der Waals surface area contributed by atoms with Crippen LogP contribution in [0.3, 0.4) is 0 Å². The molecule has 0 fully saturated rings. The molecule has 0 aliphatic carbocycles. The van der Waals surface area contributed by atoms with Crippen molar-refractivity contribution in [1.82, 2.24) is 15.2 Å². The van der Waals surface area contributed by atoms with Crippen molar-refractivity contribution in [2.24, 2.45) is 4.99 Å². The van der Waals surface area contributed by atoms with Crippen molar-refractivity contribution in [1.29, 1.82) is 0 Å². The Morgan fingerprint density at radius 1 is 1.03 bits per heavy atom. The summed E-state index contributed by atoms with van der Waals surface area (Å²) in [5.41, 5.74) is 0.982. The van der Waals surface area contributed by atoms with Gasteiger partial charge < -0.3 is 29.4 Å². The number of hydrogen-bond acceptors (Lipinski definition) is 5. The second-order valence-corrected chi connectivity index (χ2v) is 6.59. The molecule has 0 saturated heterocycles. The monoisotopic (exact) mass is 544 g/mol. The Kier molecular flexibility index (Phi) is 12.5. The van der Waals surface area contributed by atoms with Crippen LogP contribution in [0.5, 0.6) is 17.2 Å². The second-order valence-electron chi connectivity index (χ2n) is 6.59. The number of halogens is 1. The Morgan fingerprint density at radius 2 is 1.74 bits per heavy atom. The van der Waals surface area contributed by atoms with Crippen LogP contribution in [0, 0.1) is 0 Å². The van der Waals surface area contributed by atoms with Crippen LogP contribution in [-0.4, -0.2) is 44.9 Å². The van der Waals surface area contributed by atoms with Gasteiger partial charge in [0, 0.05) is 31.9 Å². The fraction of sp³-hybridized carbons (Fsp3) is 0.455. The molecule has 2 aromatic rings. The normalized spacial score (nSPS) is 10.8. The highest BCUT2D eigenvalue weighted by Crippen LogP contribution is 2.38. The van der Waals surface area contributed by atoms with Gasteiger partial charge in [0.1, 0.15) is 0 Å². The molecular weight excluding hydrogens is 511 g/mol. The third kappa shape index (κ3) is 8.31. The molecule has 0 radical (unpaired) electrons. The van der Waals surface area contributed by atoms with E-state index >= 15 is 0 Å². The molecule has 0 bridgehead atoms. The molecule has 1 heterocycles. The van der Waals surface area contributed by atoms with Crippen LogP contribution in [0.2, 0.25) is 0 Å². The summed E-state index contributed by atoms with van der Waals surface area (Å²) in [7, 11) is 4.78. The van der Waals surface area contributed by atoms with E-state index < -0.39 is 0 Å². The first-order chi connectivity index (χ1) is 14.6. The summed E-state index contributed by atoms with van der Waals surface area (Å²) in [4.78, 5) is 16.4. The van der Waals surface area contributed by atoms with E-state index in [4.69, 9.17) is 14.2 Å². The van der Waals surface area contributed by atoms with E-state index in [1.54, 1.807) is 38.0 Å². The van der Waals surface area contributed by atoms with E-state index in [0.29, 0.717) is 30.3 Å². The van der Waals surface area contributed by atoms with Crippen LogP contribution < -0.4 is 30.4 Å². The van der Waals surface area contributed by atoms with E-state index in [1.807, 2.05) is 31.3 Å². The lowest BCUT2D eigenvalue weighted by atomic mass is 10.2. The highest BCUT2D eigenvalue weighted by Gasteiger charge is 2.13. The molecule has 0 amide bonds. The molecule has 1 aromatic carbocycles. The number of methoxy groups -OCH3 is 3.